The fraction of sp³-hybridized carbons (Fsp3) is 0.395. The molecule has 1 saturated carbocycles. The van der Waals surface area contributed by atoms with E-state index in [2.05, 4.69) is 10.2 Å². The SMILES string of the molecule is COc1cc(OC2CCc3c(-c4cccc(NC(=O)c5nc6c(n5C)CCN(C(C)COC(=O)C5CC5)C6)c4Cl)cccc32)c(Cl)c(F)c1CN. The third-order valence-corrected chi connectivity index (χ3v) is 10.9. The van der Waals surface area contributed by atoms with E-state index in [9.17, 15) is 9.59 Å². The predicted octanol–water partition coefficient (Wildman–Crippen LogP) is 7.02. The number of carbonyl (C=O) groups excluding carboxylic acids is 2. The monoisotopic (exact) mass is 735 g/mol. The molecule has 3 aliphatic rings. The van der Waals surface area contributed by atoms with Crippen LogP contribution in [0.1, 0.15) is 71.0 Å². The molecular weight excluding hydrogens is 696 g/mol. The number of aromatic nitrogens is 2. The van der Waals surface area contributed by atoms with E-state index in [0.29, 0.717) is 42.5 Å². The number of amides is 1. The Hall–Kier alpha value is -4.16. The van der Waals surface area contributed by atoms with Crippen LogP contribution in [-0.4, -0.2) is 52.6 Å². The van der Waals surface area contributed by atoms with E-state index in [4.69, 9.17) is 48.1 Å². The van der Waals surface area contributed by atoms with Gasteiger partial charge in [-0.05, 0) is 55.4 Å². The van der Waals surface area contributed by atoms with Crippen LogP contribution >= 0.6 is 23.2 Å². The second-order valence-electron chi connectivity index (χ2n) is 13.4. The van der Waals surface area contributed by atoms with E-state index in [-0.39, 0.29) is 58.6 Å². The second-order valence-corrected chi connectivity index (χ2v) is 14.1. The first-order valence-corrected chi connectivity index (χ1v) is 17.9. The van der Waals surface area contributed by atoms with Gasteiger partial charge in [0, 0.05) is 62.0 Å². The van der Waals surface area contributed by atoms with Crippen LogP contribution in [0.5, 0.6) is 11.5 Å². The summed E-state index contributed by atoms with van der Waals surface area (Å²) in [7, 11) is 3.30. The van der Waals surface area contributed by atoms with Gasteiger partial charge in [0.15, 0.2) is 11.6 Å². The Bertz CT molecular complexity index is 2010. The van der Waals surface area contributed by atoms with E-state index < -0.39 is 5.82 Å². The van der Waals surface area contributed by atoms with Crippen molar-refractivity contribution in [2.45, 2.75) is 64.3 Å². The van der Waals surface area contributed by atoms with Gasteiger partial charge in [-0.25, -0.2) is 9.37 Å². The molecule has 2 aliphatic carbocycles. The van der Waals surface area contributed by atoms with Crippen molar-refractivity contribution < 1.29 is 28.2 Å². The van der Waals surface area contributed by atoms with Crippen molar-refractivity contribution in [2.75, 3.05) is 25.6 Å². The van der Waals surface area contributed by atoms with Crippen molar-refractivity contribution in [3.63, 3.8) is 0 Å². The summed E-state index contributed by atoms with van der Waals surface area (Å²) in [5.41, 5.74) is 11.9. The largest absolute Gasteiger partial charge is 0.496 e. The molecule has 1 fully saturated rings. The first kappa shape index (κ1) is 35.3. The molecule has 1 aromatic heterocycles. The molecule has 1 aliphatic heterocycles. The highest BCUT2D eigenvalue weighted by Gasteiger charge is 2.33. The first-order valence-electron chi connectivity index (χ1n) is 17.2. The van der Waals surface area contributed by atoms with Crippen molar-refractivity contribution in [1.29, 1.82) is 0 Å². The standard InChI is InChI=1S/C38H40Cl2FN5O5/c1-20(19-50-38(48)21-10-11-21)46-15-14-29-28(18-46)43-36(45(29)2)37(47)44-27-9-5-8-25(33(27)39)22-6-4-7-24-23(22)12-13-30(24)51-32-16-31(49-3)26(17-42)35(41)34(32)40/h4-9,16,20-21,30H,10-15,17-19,42H2,1-3H3,(H,44,47). The third kappa shape index (κ3) is 6.80. The lowest BCUT2D eigenvalue weighted by Crippen LogP contribution is -2.41. The Morgan fingerprint density at radius 1 is 1.08 bits per heavy atom. The van der Waals surface area contributed by atoms with Crippen LogP contribution in [0.2, 0.25) is 10.0 Å². The molecule has 10 nitrogen and oxygen atoms in total. The molecule has 3 aromatic carbocycles. The van der Waals surface area contributed by atoms with Crippen LogP contribution in [0.4, 0.5) is 10.1 Å². The Morgan fingerprint density at radius 3 is 2.59 bits per heavy atom. The number of anilines is 1. The Labute approximate surface area is 306 Å². The fourth-order valence-electron chi connectivity index (χ4n) is 7.11. The van der Waals surface area contributed by atoms with Gasteiger partial charge in [0.2, 0.25) is 0 Å². The van der Waals surface area contributed by atoms with Crippen molar-refractivity contribution in [1.82, 2.24) is 14.5 Å². The number of hydrogen-bond donors (Lipinski definition) is 2. The van der Waals surface area contributed by atoms with Crippen LogP contribution in [0.15, 0.2) is 42.5 Å². The molecule has 0 bridgehead atoms. The number of ether oxygens (including phenoxy) is 3. The second kappa shape index (κ2) is 14.5. The van der Waals surface area contributed by atoms with Gasteiger partial charge in [-0.15, -0.1) is 0 Å². The molecule has 4 aromatic rings. The highest BCUT2D eigenvalue weighted by molar-refractivity contribution is 6.36. The van der Waals surface area contributed by atoms with Gasteiger partial charge in [0.25, 0.3) is 5.91 Å². The summed E-state index contributed by atoms with van der Waals surface area (Å²) in [5, 5.41) is 3.25. The zero-order chi connectivity index (χ0) is 36.0. The molecule has 268 valence electrons. The molecule has 2 unspecified atom stereocenters. The normalized spacial score (nSPS) is 17.4. The van der Waals surface area contributed by atoms with Gasteiger partial charge >= 0.3 is 5.97 Å². The molecule has 0 spiro atoms. The topological polar surface area (TPSA) is 121 Å². The van der Waals surface area contributed by atoms with Gasteiger partial charge < -0.3 is 29.8 Å². The number of halogens is 3. The van der Waals surface area contributed by atoms with E-state index in [1.807, 2.05) is 48.9 Å². The average Bonchev–Trinajstić information content (AvgIpc) is 3.83. The minimum atomic E-state index is -0.656. The maximum atomic E-state index is 15.0. The molecule has 1 amide bonds. The molecule has 3 N–H and O–H groups in total. The van der Waals surface area contributed by atoms with E-state index in [1.54, 1.807) is 12.1 Å². The molecule has 0 saturated heterocycles. The zero-order valence-corrected chi connectivity index (χ0v) is 30.2. The summed E-state index contributed by atoms with van der Waals surface area (Å²) >= 11 is 13.4. The number of nitrogens with one attached hydrogen (secondary N) is 1. The van der Waals surface area contributed by atoms with Crippen molar-refractivity contribution in [3.05, 3.63) is 92.2 Å². The Morgan fingerprint density at radius 2 is 1.84 bits per heavy atom. The van der Waals surface area contributed by atoms with Crippen LogP contribution in [0.3, 0.4) is 0 Å². The number of imidazole rings is 1. The number of rotatable bonds is 11. The van der Waals surface area contributed by atoms with E-state index in [1.165, 1.54) is 7.11 Å². The summed E-state index contributed by atoms with van der Waals surface area (Å²) in [6.07, 6.45) is 3.52. The number of fused-ring (bicyclic) bond motifs is 2. The number of carbonyl (C=O) groups is 2. The first-order chi connectivity index (χ1) is 24.6. The average molecular weight is 737 g/mol. The highest BCUT2D eigenvalue weighted by Crippen LogP contribution is 2.45. The van der Waals surface area contributed by atoms with Gasteiger partial charge in [0.05, 0.1) is 29.4 Å². The summed E-state index contributed by atoms with van der Waals surface area (Å²) in [4.78, 5) is 32.7. The Kier molecular flexibility index (Phi) is 9.99. The van der Waals surface area contributed by atoms with E-state index in [0.717, 1.165) is 59.4 Å². The lowest BCUT2D eigenvalue weighted by Gasteiger charge is -2.31. The smallest absolute Gasteiger partial charge is 0.308 e. The number of nitrogens with zero attached hydrogens (tertiary/aromatic N) is 3. The quantitative estimate of drug-likeness (QED) is 0.158. The van der Waals surface area contributed by atoms with Gasteiger partial charge in [-0.1, -0.05) is 53.5 Å². The van der Waals surface area contributed by atoms with Crippen molar-refractivity contribution >= 4 is 40.8 Å². The molecule has 2 atom stereocenters. The minimum absolute atomic E-state index is 0.0372. The maximum Gasteiger partial charge on any atom is 0.308 e. The molecule has 51 heavy (non-hydrogen) atoms. The molecular formula is C38H40Cl2FN5O5. The van der Waals surface area contributed by atoms with Gasteiger partial charge in [-0.3, -0.25) is 14.5 Å². The molecule has 2 heterocycles. The summed E-state index contributed by atoms with van der Waals surface area (Å²) in [5.74, 6) is -0.306. The number of benzene rings is 3. The molecule has 13 heteroatoms. The lowest BCUT2D eigenvalue weighted by molar-refractivity contribution is -0.147. The lowest BCUT2D eigenvalue weighted by atomic mass is 9.96. The Balaban J connectivity index is 1.07. The fourth-order valence-corrected chi connectivity index (χ4v) is 7.60. The zero-order valence-electron chi connectivity index (χ0n) is 28.7. The number of methoxy groups -OCH3 is 1. The number of esters is 1. The van der Waals surface area contributed by atoms with Crippen molar-refractivity contribution in [3.8, 4) is 22.6 Å². The van der Waals surface area contributed by atoms with Crippen LogP contribution in [0, 0.1) is 11.7 Å². The molecule has 0 radical (unpaired) electrons. The third-order valence-electron chi connectivity index (χ3n) is 10.2. The summed E-state index contributed by atoms with van der Waals surface area (Å²) in [6.45, 7) is 3.65. The minimum Gasteiger partial charge on any atom is -0.496 e. The summed E-state index contributed by atoms with van der Waals surface area (Å²) < 4.78 is 34.0. The van der Waals surface area contributed by atoms with Crippen LogP contribution in [0.25, 0.3) is 11.1 Å². The van der Waals surface area contributed by atoms with Gasteiger partial charge in [-0.2, -0.15) is 0 Å². The number of nitrogens with two attached hydrogens (primary N) is 1. The summed E-state index contributed by atoms with van der Waals surface area (Å²) in [6, 6.07) is 13.1. The number of hydrogen-bond acceptors (Lipinski definition) is 8. The van der Waals surface area contributed by atoms with Gasteiger partial charge in [0.1, 0.15) is 29.2 Å². The maximum absolute atomic E-state index is 15.0. The highest BCUT2D eigenvalue weighted by atomic mass is 35.5. The van der Waals surface area contributed by atoms with E-state index >= 15 is 4.39 Å². The van der Waals surface area contributed by atoms with Crippen LogP contribution in [-0.2, 0) is 42.5 Å². The molecule has 7 rings (SSSR count). The predicted molar refractivity (Wildman–Crippen MR) is 193 cm³/mol. The van der Waals surface area contributed by atoms with Crippen molar-refractivity contribution in [2.24, 2.45) is 18.7 Å². The van der Waals surface area contributed by atoms with Crippen LogP contribution < -0.4 is 20.5 Å².